The van der Waals surface area contributed by atoms with E-state index in [0.717, 1.165) is 19.7 Å². The molecule has 2 aromatic carbocycles. The van der Waals surface area contributed by atoms with Gasteiger partial charge in [-0.1, -0.05) is 44.0 Å². The molecule has 1 N–H and O–H groups in total. The van der Waals surface area contributed by atoms with E-state index in [-0.39, 0.29) is 0 Å². The quantitative estimate of drug-likeness (QED) is 0.856. The molecule has 76 valence electrons. The third-order valence-electron chi connectivity index (χ3n) is 2.14. The van der Waals surface area contributed by atoms with Crippen LogP contribution in [0, 0.1) is 0 Å². The third-order valence-corrected chi connectivity index (χ3v) is 3.29. The van der Waals surface area contributed by atoms with Crippen molar-refractivity contribution in [2.45, 2.75) is 0 Å². The molecule has 0 saturated heterocycles. The van der Waals surface area contributed by atoms with Gasteiger partial charge in [-0.2, -0.15) is 0 Å². The summed E-state index contributed by atoms with van der Waals surface area (Å²) in [7, 11) is 0. The summed E-state index contributed by atoms with van der Waals surface area (Å²) >= 11 is 6.70. The Hall–Kier alpha value is -0.870. The van der Waals surface area contributed by atoms with Gasteiger partial charge < -0.3 is 5.11 Å². The first-order chi connectivity index (χ1) is 7.09. The molecule has 0 aromatic heterocycles. The van der Waals surface area contributed by atoms with E-state index in [9.17, 15) is 4.79 Å². The highest BCUT2D eigenvalue weighted by Crippen LogP contribution is 2.29. The van der Waals surface area contributed by atoms with Gasteiger partial charge in [0, 0.05) is 8.95 Å². The van der Waals surface area contributed by atoms with E-state index in [4.69, 9.17) is 5.11 Å². The molecule has 0 unspecified atom stereocenters. The standard InChI is InChI=1S/C11H6Br2O2/c12-6-4-8-7(2-1-3-10(8)13)9(5-6)11(14)15/h1-5H,(H,14,15). The van der Waals surface area contributed by atoms with Gasteiger partial charge in [0.05, 0.1) is 5.56 Å². The second-order valence-corrected chi connectivity index (χ2v) is 4.86. The molecule has 0 bridgehead atoms. The second kappa shape index (κ2) is 3.94. The molecule has 2 aromatic rings. The van der Waals surface area contributed by atoms with Gasteiger partial charge in [-0.05, 0) is 29.0 Å². The molecule has 2 nitrogen and oxygen atoms in total. The minimum Gasteiger partial charge on any atom is -0.478 e. The van der Waals surface area contributed by atoms with Gasteiger partial charge in [-0.3, -0.25) is 0 Å². The largest absolute Gasteiger partial charge is 0.478 e. The maximum absolute atomic E-state index is 11.0. The van der Waals surface area contributed by atoms with Crippen molar-refractivity contribution < 1.29 is 9.90 Å². The van der Waals surface area contributed by atoms with Crippen LogP contribution in [0.5, 0.6) is 0 Å². The number of rotatable bonds is 1. The maximum Gasteiger partial charge on any atom is 0.336 e. The highest BCUT2D eigenvalue weighted by molar-refractivity contribution is 9.11. The minimum atomic E-state index is -0.917. The fourth-order valence-electron chi connectivity index (χ4n) is 1.49. The third kappa shape index (κ3) is 1.92. The molecule has 0 amide bonds. The van der Waals surface area contributed by atoms with E-state index in [1.807, 2.05) is 18.2 Å². The lowest BCUT2D eigenvalue weighted by Crippen LogP contribution is -1.97. The SMILES string of the molecule is O=C(O)c1cc(Br)cc2c(Br)cccc12. The Morgan fingerprint density at radius 2 is 1.87 bits per heavy atom. The molecule has 0 aliphatic heterocycles. The Kier molecular flexibility index (Phi) is 2.80. The van der Waals surface area contributed by atoms with Crippen LogP contribution < -0.4 is 0 Å². The Labute approximate surface area is 103 Å². The van der Waals surface area contributed by atoms with E-state index < -0.39 is 5.97 Å². The van der Waals surface area contributed by atoms with E-state index in [2.05, 4.69) is 31.9 Å². The van der Waals surface area contributed by atoms with Crippen molar-refractivity contribution in [3.05, 3.63) is 44.8 Å². The molecule has 0 fully saturated rings. The lowest BCUT2D eigenvalue weighted by molar-refractivity contribution is 0.0699. The Morgan fingerprint density at radius 1 is 1.13 bits per heavy atom. The molecule has 0 heterocycles. The van der Waals surface area contributed by atoms with E-state index in [1.54, 1.807) is 12.1 Å². The molecule has 0 atom stereocenters. The zero-order valence-corrected chi connectivity index (χ0v) is 10.7. The van der Waals surface area contributed by atoms with Gasteiger partial charge in [0.1, 0.15) is 0 Å². The maximum atomic E-state index is 11.0. The first-order valence-electron chi connectivity index (χ1n) is 4.20. The number of halogens is 2. The molecule has 2 rings (SSSR count). The number of carboxylic acid groups (broad SMARTS) is 1. The van der Waals surface area contributed by atoms with Crippen molar-refractivity contribution in [3.63, 3.8) is 0 Å². The summed E-state index contributed by atoms with van der Waals surface area (Å²) in [6.07, 6.45) is 0. The number of hydrogen-bond donors (Lipinski definition) is 1. The van der Waals surface area contributed by atoms with Crippen LogP contribution in [0.1, 0.15) is 10.4 Å². The number of benzene rings is 2. The Morgan fingerprint density at radius 3 is 2.53 bits per heavy atom. The highest BCUT2D eigenvalue weighted by atomic mass is 79.9. The summed E-state index contributed by atoms with van der Waals surface area (Å²) in [5.74, 6) is -0.917. The summed E-state index contributed by atoms with van der Waals surface area (Å²) in [5.41, 5.74) is 0.306. The summed E-state index contributed by atoms with van der Waals surface area (Å²) in [6, 6.07) is 9.02. The minimum absolute atomic E-state index is 0.306. The number of hydrogen-bond acceptors (Lipinski definition) is 1. The number of fused-ring (bicyclic) bond motifs is 1. The van der Waals surface area contributed by atoms with Crippen molar-refractivity contribution >= 4 is 48.6 Å². The van der Waals surface area contributed by atoms with Crippen LogP contribution in [-0.2, 0) is 0 Å². The molecular formula is C11H6Br2O2. The smallest absolute Gasteiger partial charge is 0.336 e. The van der Waals surface area contributed by atoms with Crippen LogP contribution in [0.3, 0.4) is 0 Å². The predicted octanol–water partition coefficient (Wildman–Crippen LogP) is 4.06. The lowest BCUT2D eigenvalue weighted by atomic mass is 10.1. The molecule has 0 spiro atoms. The summed E-state index contributed by atoms with van der Waals surface area (Å²) in [4.78, 5) is 11.0. The topological polar surface area (TPSA) is 37.3 Å². The first-order valence-corrected chi connectivity index (χ1v) is 5.79. The van der Waals surface area contributed by atoms with Crippen molar-refractivity contribution in [2.24, 2.45) is 0 Å². The molecular weight excluding hydrogens is 324 g/mol. The average molecular weight is 330 g/mol. The van der Waals surface area contributed by atoms with Gasteiger partial charge in [0.25, 0.3) is 0 Å². The van der Waals surface area contributed by atoms with Crippen LogP contribution in [-0.4, -0.2) is 11.1 Å². The monoisotopic (exact) mass is 328 g/mol. The second-order valence-electron chi connectivity index (χ2n) is 3.09. The zero-order valence-electron chi connectivity index (χ0n) is 7.50. The van der Waals surface area contributed by atoms with Crippen molar-refractivity contribution in [3.8, 4) is 0 Å². The van der Waals surface area contributed by atoms with Gasteiger partial charge in [0.2, 0.25) is 0 Å². The number of carboxylic acids is 1. The normalized spacial score (nSPS) is 10.5. The number of carbonyl (C=O) groups is 1. The highest BCUT2D eigenvalue weighted by Gasteiger charge is 2.10. The molecule has 15 heavy (non-hydrogen) atoms. The van der Waals surface area contributed by atoms with Gasteiger partial charge in [-0.15, -0.1) is 0 Å². The Balaban J connectivity index is 2.92. The van der Waals surface area contributed by atoms with Crippen LogP contribution in [0.4, 0.5) is 0 Å². The number of aromatic carboxylic acids is 1. The first kappa shape index (κ1) is 10.6. The summed E-state index contributed by atoms with van der Waals surface area (Å²) in [6.45, 7) is 0. The van der Waals surface area contributed by atoms with E-state index >= 15 is 0 Å². The zero-order chi connectivity index (χ0) is 11.0. The van der Waals surface area contributed by atoms with Crippen molar-refractivity contribution in [1.82, 2.24) is 0 Å². The van der Waals surface area contributed by atoms with E-state index in [1.165, 1.54) is 0 Å². The van der Waals surface area contributed by atoms with Crippen LogP contribution in [0.2, 0.25) is 0 Å². The molecule has 0 aliphatic rings. The summed E-state index contributed by atoms with van der Waals surface area (Å²) < 4.78 is 1.66. The van der Waals surface area contributed by atoms with Gasteiger partial charge >= 0.3 is 5.97 Å². The van der Waals surface area contributed by atoms with Crippen LogP contribution >= 0.6 is 31.9 Å². The van der Waals surface area contributed by atoms with Crippen molar-refractivity contribution in [1.29, 1.82) is 0 Å². The lowest BCUT2D eigenvalue weighted by Gasteiger charge is -2.05. The Bertz CT molecular complexity index is 550. The van der Waals surface area contributed by atoms with Crippen LogP contribution in [0.15, 0.2) is 39.3 Å². The molecule has 4 heteroatoms. The van der Waals surface area contributed by atoms with Gasteiger partial charge in [-0.25, -0.2) is 4.79 Å². The average Bonchev–Trinajstić information content (AvgIpc) is 2.18. The molecule has 0 radical (unpaired) electrons. The van der Waals surface area contributed by atoms with E-state index in [0.29, 0.717) is 5.56 Å². The fourth-order valence-corrected chi connectivity index (χ4v) is 2.43. The van der Waals surface area contributed by atoms with Crippen molar-refractivity contribution in [2.75, 3.05) is 0 Å². The molecule has 0 saturated carbocycles. The fraction of sp³-hybridized carbons (Fsp3) is 0. The molecule has 0 aliphatic carbocycles. The van der Waals surface area contributed by atoms with Crippen LogP contribution in [0.25, 0.3) is 10.8 Å². The predicted molar refractivity (Wildman–Crippen MR) is 66.3 cm³/mol. The summed E-state index contributed by atoms with van der Waals surface area (Å²) in [5, 5.41) is 10.7. The van der Waals surface area contributed by atoms with Gasteiger partial charge in [0.15, 0.2) is 0 Å².